The maximum Gasteiger partial charge on any atom is 0.337 e. The average molecular weight is 245 g/mol. The number of benzene rings is 1. The first-order valence-electron chi connectivity index (χ1n) is 4.45. The van der Waals surface area contributed by atoms with Gasteiger partial charge in [0.2, 0.25) is 0 Å². The van der Waals surface area contributed by atoms with Crippen LogP contribution in [0, 0.1) is 0 Å². The molecule has 3 N–H and O–H groups in total. The smallest absolute Gasteiger partial charge is 0.337 e. The molecule has 0 saturated heterocycles. The Balaban J connectivity index is 3.34. The fourth-order valence-electron chi connectivity index (χ4n) is 1.21. The molecular weight excluding hydrogens is 234 g/mol. The highest BCUT2D eigenvalue weighted by atomic mass is 32.2. The number of aromatic carboxylic acids is 1. The molecule has 0 unspecified atom stereocenters. The summed E-state index contributed by atoms with van der Waals surface area (Å²) in [5.74, 6) is -1.26. The van der Waals surface area contributed by atoms with E-state index in [9.17, 15) is 13.2 Å². The first-order valence-corrected chi connectivity index (χ1v) is 5.89. The van der Waals surface area contributed by atoms with Crippen LogP contribution in [-0.4, -0.2) is 30.6 Å². The SMILES string of the molecule is CCNc1ccc(S(=O)(=O)O)cc1C(=O)O. The second kappa shape index (κ2) is 4.50. The molecule has 0 aliphatic carbocycles. The van der Waals surface area contributed by atoms with Crippen LogP contribution in [0.1, 0.15) is 17.3 Å². The van der Waals surface area contributed by atoms with E-state index in [-0.39, 0.29) is 5.56 Å². The molecule has 1 rings (SSSR count). The molecule has 0 aliphatic heterocycles. The number of carboxylic acid groups (broad SMARTS) is 1. The topological polar surface area (TPSA) is 104 Å². The second-order valence-electron chi connectivity index (χ2n) is 3.02. The molecule has 0 atom stereocenters. The van der Waals surface area contributed by atoms with E-state index in [2.05, 4.69) is 5.32 Å². The molecule has 0 spiro atoms. The van der Waals surface area contributed by atoms with Crippen LogP contribution < -0.4 is 5.32 Å². The van der Waals surface area contributed by atoms with Gasteiger partial charge in [0.1, 0.15) is 0 Å². The molecule has 0 fully saturated rings. The largest absolute Gasteiger partial charge is 0.478 e. The van der Waals surface area contributed by atoms with Crippen molar-refractivity contribution in [3.8, 4) is 0 Å². The Bertz CT molecular complexity index is 509. The molecule has 6 nitrogen and oxygen atoms in total. The molecule has 0 radical (unpaired) electrons. The summed E-state index contributed by atoms with van der Waals surface area (Å²) in [6.45, 7) is 2.29. The highest BCUT2D eigenvalue weighted by Gasteiger charge is 2.16. The van der Waals surface area contributed by atoms with E-state index in [1.165, 1.54) is 6.07 Å². The van der Waals surface area contributed by atoms with Gasteiger partial charge in [0.05, 0.1) is 10.5 Å². The van der Waals surface area contributed by atoms with Gasteiger partial charge in [-0.25, -0.2) is 4.79 Å². The van der Waals surface area contributed by atoms with Crippen LogP contribution in [0.2, 0.25) is 0 Å². The monoisotopic (exact) mass is 245 g/mol. The van der Waals surface area contributed by atoms with Gasteiger partial charge in [-0.1, -0.05) is 0 Å². The lowest BCUT2D eigenvalue weighted by molar-refractivity contribution is 0.0697. The van der Waals surface area contributed by atoms with Crippen LogP contribution in [0.4, 0.5) is 5.69 Å². The minimum atomic E-state index is -4.38. The Morgan fingerprint density at radius 1 is 1.44 bits per heavy atom. The van der Waals surface area contributed by atoms with Gasteiger partial charge in [-0.05, 0) is 25.1 Å². The highest BCUT2D eigenvalue weighted by Crippen LogP contribution is 2.20. The van der Waals surface area contributed by atoms with Gasteiger partial charge in [-0.15, -0.1) is 0 Å². The zero-order valence-corrected chi connectivity index (χ0v) is 9.28. The van der Waals surface area contributed by atoms with Crippen molar-refractivity contribution in [1.82, 2.24) is 0 Å². The van der Waals surface area contributed by atoms with Crippen LogP contribution in [0.5, 0.6) is 0 Å². The number of nitrogens with one attached hydrogen (secondary N) is 1. The molecule has 7 heteroatoms. The molecular formula is C9H11NO5S. The van der Waals surface area contributed by atoms with Crippen molar-refractivity contribution in [2.45, 2.75) is 11.8 Å². The van der Waals surface area contributed by atoms with Gasteiger partial charge in [0.25, 0.3) is 10.1 Å². The first kappa shape index (κ1) is 12.5. The number of carboxylic acids is 1. The Hall–Kier alpha value is -1.60. The lowest BCUT2D eigenvalue weighted by Crippen LogP contribution is -2.08. The van der Waals surface area contributed by atoms with Gasteiger partial charge in [0, 0.05) is 12.2 Å². The molecule has 0 aromatic heterocycles. The molecule has 88 valence electrons. The van der Waals surface area contributed by atoms with Gasteiger partial charge in [-0.3, -0.25) is 4.55 Å². The van der Waals surface area contributed by atoms with Crippen molar-refractivity contribution in [2.75, 3.05) is 11.9 Å². The normalized spacial score (nSPS) is 11.1. The predicted molar refractivity (Wildman–Crippen MR) is 57.4 cm³/mol. The van der Waals surface area contributed by atoms with Crippen LogP contribution in [0.15, 0.2) is 23.1 Å². The van der Waals surface area contributed by atoms with Gasteiger partial charge >= 0.3 is 5.97 Å². The van der Waals surface area contributed by atoms with Gasteiger partial charge < -0.3 is 10.4 Å². The third-order valence-corrected chi connectivity index (χ3v) is 2.74. The maximum atomic E-state index is 10.9. The summed E-state index contributed by atoms with van der Waals surface area (Å²) in [5, 5.41) is 11.6. The Morgan fingerprint density at radius 2 is 2.06 bits per heavy atom. The lowest BCUT2D eigenvalue weighted by atomic mass is 10.2. The van der Waals surface area contributed by atoms with Crippen molar-refractivity contribution >= 4 is 21.8 Å². The fraction of sp³-hybridized carbons (Fsp3) is 0.222. The zero-order chi connectivity index (χ0) is 12.3. The van der Waals surface area contributed by atoms with Crippen molar-refractivity contribution in [1.29, 1.82) is 0 Å². The van der Waals surface area contributed by atoms with E-state index in [4.69, 9.17) is 9.66 Å². The summed E-state index contributed by atoms with van der Waals surface area (Å²) in [6.07, 6.45) is 0. The van der Waals surface area contributed by atoms with Gasteiger partial charge in [-0.2, -0.15) is 8.42 Å². The summed E-state index contributed by atoms with van der Waals surface area (Å²) in [7, 11) is -4.38. The number of hydrogen-bond acceptors (Lipinski definition) is 4. The Morgan fingerprint density at radius 3 is 2.50 bits per heavy atom. The minimum absolute atomic E-state index is 0.197. The van der Waals surface area contributed by atoms with E-state index in [1.807, 2.05) is 0 Å². The first-order chi connectivity index (χ1) is 7.36. The molecule has 0 saturated carbocycles. The van der Waals surface area contributed by atoms with E-state index in [0.29, 0.717) is 12.2 Å². The maximum absolute atomic E-state index is 10.9. The third-order valence-electron chi connectivity index (χ3n) is 1.89. The number of anilines is 1. The molecule has 0 bridgehead atoms. The van der Waals surface area contributed by atoms with Crippen molar-refractivity contribution in [3.05, 3.63) is 23.8 Å². The molecule has 16 heavy (non-hydrogen) atoms. The molecule has 0 amide bonds. The summed E-state index contributed by atoms with van der Waals surface area (Å²) >= 11 is 0. The summed E-state index contributed by atoms with van der Waals surface area (Å²) in [4.78, 5) is 10.4. The van der Waals surface area contributed by atoms with Crippen molar-refractivity contribution < 1.29 is 22.9 Å². The number of carbonyl (C=O) groups is 1. The van der Waals surface area contributed by atoms with E-state index in [1.54, 1.807) is 6.92 Å². The third kappa shape index (κ3) is 2.71. The second-order valence-corrected chi connectivity index (χ2v) is 4.44. The van der Waals surface area contributed by atoms with E-state index >= 15 is 0 Å². The Kier molecular flexibility index (Phi) is 3.51. The fourth-order valence-corrected chi connectivity index (χ4v) is 1.71. The highest BCUT2D eigenvalue weighted by molar-refractivity contribution is 7.85. The molecule has 1 aromatic rings. The lowest BCUT2D eigenvalue weighted by Gasteiger charge is -2.08. The van der Waals surface area contributed by atoms with E-state index < -0.39 is 21.0 Å². The molecule has 1 aromatic carbocycles. The predicted octanol–water partition coefficient (Wildman–Crippen LogP) is 1.06. The summed E-state index contributed by atoms with van der Waals surface area (Å²) < 4.78 is 30.4. The van der Waals surface area contributed by atoms with Gasteiger partial charge in [0.15, 0.2) is 0 Å². The van der Waals surface area contributed by atoms with Crippen LogP contribution in [0.3, 0.4) is 0 Å². The summed E-state index contributed by atoms with van der Waals surface area (Å²) in [6, 6.07) is 3.35. The van der Waals surface area contributed by atoms with E-state index in [0.717, 1.165) is 12.1 Å². The molecule has 0 aliphatic rings. The Labute approximate surface area is 92.7 Å². The zero-order valence-electron chi connectivity index (χ0n) is 8.47. The van der Waals surface area contributed by atoms with Crippen LogP contribution >= 0.6 is 0 Å². The standard InChI is InChI=1S/C9H11NO5S/c1-2-10-8-4-3-6(16(13,14)15)5-7(8)9(11)12/h3-5,10H,2H2,1H3,(H,11,12)(H,13,14,15). The quantitative estimate of drug-likeness (QED) is 0.685. The average Bonchev–Trinajstić information content (AvgIpc) is 2.16. The number of hydrogen-bond donors (Lipinski definition) is 3. The number of rotatable bonds is 4. The van der Waals surface area contributed by atoms with Crippen molar-refractivity contribution in [3.63, 3.8) is 0 Å². The summed E-state index contributed by atoms with van der Waals surface area (Å²) in [5.41, 5.74) is 0.111. The minimum Gasteiger partial charge on any atom is -0.478 e. The van der Waals surface area contributed by atoms with Crippen molar-refractivity contribution in [2.24, 2.45) is 0 Å². The van der Waals surface area contributed by atoms with Crippen LogP contribution in [-0.2, 0) is 10.1 Å². The van der Waals surface area contributed by atoms with Crippen LogP contribution in [0.25, 0.3) is 0 Å². The molecule has 0 heterocycles.